The average molecular weight is 431 g/mol. The van der Waals surface area contributed by atoms with Gasteiger partial charge >= 0.3 is 5.97 Å². The Morgan fingerprint density at radius 1 is 1.17 bits per heavy atom. The molecule has 0 radical (unpaired) electrons. The molecule has 1 N–H and O–H groups in total. The molecule has 0 bridgehead atoms. The Hall–Kier alpha value is -1.86. The smallest absolute Gasteiger partial charge is 0.323 e. The maximum atomic E-state index is 12.7. The lowest BCUT2D eigenvalue weighted by molar-refractivity contribution is -0.140. The van der Waals surface area contributed by atoms with Crippen LogP contribution in [0.15, 0.2) is 17.0 Å². The summed E-state index contributed by atoms with van der Waals surface area (Å²) in [7, 11) is 0. The molecule has 0 spiro atoms. The Bertz CT molecular complexity index is 924. The van der Waals surface area contributed by atoms with E-state index in [1.807, 2.05) is 6.08 Å². The number of carbonyl (C=O) groups is 2. The van der Waals surface area contributed by atoms with E-state index in [4.69, 9.17) is 17.3 Å². The molecular weight excluding hydrogens is 404 g/mol. The third-order valence-electron chi connectivity index (χ3n) is 6.38. The minimum Gasteiger partial charge on any atom is -0.480 e. The van der Waals surface area contributed by atoms with Gasteiger partial charge < -0.3 is 10.0 Å². The number of amides is 1. The Labute approximate surface area is 181 Å². The number of carboxylic acid groups (broad SMARTS) is 1. The van der Waals surface area contributed by atoms with Gasteiger partial charge in [-0.3, -0.25) is 14.5 Å². The van der Waals surface area contributed by atoms with Crippen molar-refractivity contribution >= 4 is 51.9 Å². The van der Waals surface area contributed by atoms with E-state index >= 15 is 0 Å². The molecular formula is C22H26N2O3S2. The number of thioether (sulfide) groups is 1. The molecule has 3 aliphatic rings. The largest absolute Gasteiger partial charge is 0.480 e. The van der Waals surface area contributed by atoms with E-state index in [2.05, 4.69) is 44.7 Å². The van der Waals surface area contributed by atoms with Gasteiger partial charge in [-0.2, -0.15) is 0 Å². The highest BCUT2D eigenvalue weighted by Gasteiger charge is 2.40. The lowest BCUT2D eigenvalue weighted by Gasteiger charge is -2.48. The molecule has 29 heavy (non-hydrogen) atoms. The van der Waals surface area contributed by atoms with Crippen LogP contribution in [0.1, 0.15) is 57.2 Å². The first-order chi connectivity index (χ1) is 13.5. The van der Waals surface area contributed by atoms with Crippen LogP contribution in [0.3, 0.4) is 0 Å². The summed E-state index contributed by atoms with van der Waals surface area (Å²) in [6.07, 6.45) is 4.08. The Balaban J connectivity index is 1.81. The zero-order valence-corrected chi connectivity index (χ0v) is 18.9. The van der Waals surface area contributed by atoms with E-state index in [1.54, 1.807) is 0 Å². The summed E-state index contributed by atoms with van der Waals surface area (Å²) in [6.45, 7) is 10.9. The van der Waals surface area contributed by atoms with Crippen LogP contribution in [0.4, 0.5) is 5.69 Å². The fraction of sp³-hybridized carbons (Fsp3) is 0.500. The summed E-state index contributed by atoms with van der Waals surface area (Å²) in [5, 5.41) is 9.05. The van der Waals surface area contributed by atoms with Crippen LogP contribution in [0, 0.1) is 0 Å². The van der Waals surface area contributed by atoms with Crippen molar-refractivity contribution in [3.63, 3.8) is 0 Å². The molecule has 5 nitrogen and oxygen atoms in total. The molecule has 0 aliphatic carbocycles. The SMILES string of the molecule is CC1(C)CCN2CCC(C)(C)c3cc(/C=C4/SC(=S)N(CC(=O)O)C4=O)cc1c32. The van der Waals surface area contributed by atoms with Crippen molar-refractivity contribution in [2.75, 3.05) is 24.5 Å². The molecule has 3 aliphatic heterocycles. The number of carbonyl (C=O) groups excluding carboxylic acids is 1. The number of benzene rings is 1. The molecule has 1 aromatic carbocycles. The molecule has 4 rings (SSSR count). The molecule has 0 saturated carbocycles. The third-order valence-corrected chi connectivity index (χ3v) is 7.76. The van der Waals surface area contributed by atoms with Gasteiger partial charge in [0.25, 0.3) is 5.91 Å². The fourth-order valence-electron chi connectivity index (χ4n) is 4.47. The van der Waals surface area contributed by atoms with Gasteiger partial charge in [0, 0.05) is 18.8 Å². The van der Waals surface area contributed by atoms with Gasteiger partial charge in [0.2, 0.25) is 0 Å². The van der Waals surface area contributed by atoms with Crippen LogP contribution >= 0.6 is 24.0 Å². The molecule has 0 unspecified atom stereocenters. The van der Waals surface area contributed by atoms with E-state index in [0.29, 0.717) is 9.23 Å². The monoisotopic (exact) mass is 430 g/mol. The zero-order chi connectivity index (χ0) is 21.1. The first-order valence-electron chi connectivity index (χ1n) is 9.91. The maximum absolute atomic E-state index is 12.7. The van der Waals surface area contributed by atoms with Crippen LogP contribution < -0.4 is 4.90 Å². The highest BCUT2D eigenvalue weighted by Crippen LogP contribution is 2.49. The molecule has 0 atom stereocenters. The summed E-state index contributed by atoms with van der Waals surface area (Å²) in [4.78, 5) is 27.9. The van der Waals surface area contributed by atoms with Gasteiger partial charge in [0.1, 0.15) is 10.9 Å². The summed E-state index contributed by atoms with van der Waals surface area (Å²) >= 11 is 6.41. The molecule has 0 aromatic heterocycles. The van der Waals surface area contributed by atoms with E-state index in [0.717, 1.165) is 36.4 Å². The van der Waals surface area contributed by atoms with Crippen molar-refractivity contribution in [3.05, 3.63) is 33.7 Å². The second-order valence-electron chi connectivity index (χ2n) is 9.38. The second kappa shape index (κ2) is 6.84. The van der Waals surface area contributed by atoms with Crippen LogP contribution in [0.5, 0.6) is 0 Å². The van der Waals surface area contributed by atoms with Gasteiger partial charge in [0.15, 0.2) is 0 Å². The van der Waals surface area contributed by atoms with Crippen molar-refractivity contribution in [1.82, 2.24) is 4.90 Å². The molecule has 1 amide bonds. The Morgan fingerprint density at radius 2 is 1.72 bits per heavy atom. The normalized spacial score (nSPS) is 23.5. The van der Waals surface area contributed by atoms with Crippen LogP contribution in [0.25, 0.3) is 6.08 Å². The number of anilines is 1. The van der Waals surface area contributed by atoms with Crippen LogP contribution in [0.2, 0.25) is 0 Å². The van der Waals surface area contributed by atoms with E-state index < -0.39 is 12.5 Å². The Kier molecular flexibility index (Phi) is 4.82. The topological polar surface area (TPSA) is 60.9 Å². The van der Waals surface area contributed by atoms with E-state index in [9.17, 15) is 9.59 Å². The molecule has 1 aromatic rings. The van der Waals surface area contributed by atoms with Gasteiger partial charge in [-0.25, -0.2) is 0 Å². The number of nitrogens with zero attached hydrogens (tertiary/aromatic N) is 2. The van der Waals surface area contributed by atoms with E-state index in [1.165, 1.54) is 28.6 Å². The van der Waals surface area contributed by atoms with E-state index in [-0.39, 0.29) is 16.7 Å². The van der Waals surface area contributed by atoms with Gasteiger partial charge in [-0.1, -0.05) is 51.7 Å². The summed E-state index contributed by atoms with van der Waals surface area (Å²) in [6, 6.07) is 4.41. The number of hydrogen-bond donors (Lipinski definition) is 1. The third kappa shape index (κ3) is 3.48. The minimum atomic E-state index is -1.07. The lowest BCUT2D eigenvalue weighted by Crippen LogP contribution is -2.44. The van der Waals surface area contributed by atoms with Crippen molar-refractivity contribution in [3.8, 4) is 0 Å². The maximum Gasteiger partial charge on any atom is 0.323 e. The molecule has 154 valence electrons. The number of hydrogen-bond acceptors (Lipinski definition) is 5. The second-order valence-corrected chi connectivity index (χ2v) is 11.1. The van der Waals surface area contributed by atoms with Crippen molar-refractivity contribution in [2.24, 2.45) is 0 Å². The first kappa shape index (κ1) is 20.4. The molecule has 1 fully saturated rings. The lowest BCUT2D eigenvalue weighted by atomic mass is 9.69. The number of aliphatic carboxylic acids is 1. The average Bonchev–Trinajstić information content (AvgIpc) is 2.87. The standard InChI is InChI=1S/C22H26N2O3S2/c1-21(2)5-7-23-8-6-22(3,4)15-10-13(9-14(21)18(15)23)11-16-19(27)24(12-17(25)26)20(28)29-16/h9-11H,5-8,12H2,1-4H3,(H,25,26)/b16-11+. The number of thiocarbonyl (C=S) groups is 1. The van der Waals surface area contributed by atoms with Gasteiger partial charge in [-0.15, -0.1) is 0 Å². The summed E-state index contributed by atoms with van der Waals surface area (Å²) in [5.41, 5.74) is 5.16. The van der Waals surface area contributed by atoms with Crippen molar-refractivity contribution < 1.29 is 14.7 Å². The molecule has 1 saturated heterocycles. The minimum absolute atomic E-state index is 0.0694. The zero-order valence-electron chi connectivity index (χ0n) is 17.2. The predicted molar refractivity (Wildman–Crippen MR) is 121 cm³/mol. The van der Waals surface area contributed by atoms with Crippen LogP contribution in [-0.4, -0.2) is 45.8 Å². The quantitative estimate of drug-likeness (QED) is 0.574. The molecule has 7 heteroatoms. The van der Waals surface area contributed by atoms with Crippen molar-refractivity contribution in [2.45, 2.75) is 51.4 Å². The van der Waals surface area contributed by atoms with Gasteiger partial charge in [0.05, 0.1) is 4.91 Å². The van der Waals surface area contributed by atoms with Crippen molar-refractivity contribution in [1.29, 1.82) is 0 Å². The number of carboxylic acids is 1. The highest BCUT2D eigenvalue weighted by atomic mass is 32.2. The number of rotatable bonds is 3. The predicted octanol–water partition coefficient (Wildman–Crippen LogP) is 4.14. The first-order valence-corrected chi connectivity index (χ1v) is 11.1. The Morgan fingerprint density at radius 3 is 2.24 bits per heavy atom. The van der Waals surface area contributed by atoms with Crippen LogP contribution in [-0.2, 0) is 20.4 Å². The molecule has 3 heterocycles. The van der Waals surface area contributed by atoms with Gasteiger partial charge in [-0.05, 0) is 58.6 Å². The summed E-state index contributed by atoms with van der Waals surface area (Å²) < 4.78 is 0.301. The fourth-order valence-corrected chi connectivity index (χ4v) is 5.72. The summed E-state index contributed by atoms with van der Waals surface area (Å²) in [5.74, 6) is -1.39. The highest BCUT2D eigenvalue weighted by molar-refractivity contribution is 8.26.